The van der Waals surface area contributed by atoms with Gasteiger partial charge in [0.15, 0.2) is 5.76 Å². The number of rotatable bonds is 4. The lowest BCUT2D eigenvalue weighted by Crippen LogP contribution is -2.19. The summed E-state index contributed by atoms with van der Waals surface area (Å²) >= 11 is 0. The number of furan rings is 1. The number of nitrogens with zero attached hydrogens (tertiary/aromatic N) is 5. The van der Waals surface area contributed by atoms with Gasteiger partial charge in [0.25, 0.3) is 5.91 Å². The third-order valence-electron chi connectivity index (χ3n) is 3.85. The van der Waals surface area contributed by atoms with Gasteiger partial charge < -0.3 is 4.42 Å². The number of benzene rings is 2. The van der Waals surface area contributed by atoms with Gasteiger partial charge in [-0.25, -0.2) is 10.1 Å². The summed E-state index contributed by atoms with van der Waals surface area (Å²) in [6, 6.07) is 16.4. The van der Waals surface area contributed by atoms with Crippen LogP contribution in [0.4, 0.5) is 0 Å². The van der Waals surface area contributed by atoms with Crippen molar-refractivity contribution in [2.45, 2.75) is 6.92 Å². The lowest BCUT2D eigenvalue weighted by Gasteiger charge is -2.03. The number of nitrogens with one attached hydrogen (secondary N) is 1. The average molecular weight is 346 g/mol. The molecule has 0 aliphatic rings. The number of hydrogen-bond acceptors (Lipinski definition) is 6. The van der Waals surface area contributed by atoms with Crippen LogP contribution in [-0.2, 0) is 0 Å². The van der Waals surface area contributed by atoms with E-state index in [9.17, 15) is 4.79 Å². The molecule has 0 saturated carbocycles. The number of carbonyl (C=O) groups excluding carboxylic acids is 1. The number of amides is 1. The van der Waals surface area contributed by atoms with Crippen molar-refractivity contribution in [2.24, 2.45) is 5.10 Å². The van der Waals surface area contributed by atoms with Crippen LogP contribution in [0, 0.1) is 0 Å². The minimum atomic E-state index is -0.316. The summed E-state index contributed by atoms with van der Waals surface area (Å²) in [6.45, 7) is 1.78. The van der Waals surface area contributed by atoms with Crippen molar-refractivity contribution in [2.75, 3.05) is 0 Å². The first-order valence-electron chi connectivity index (χ1n) is 7.88. The largest absolute Gasteiger partial charge is 0.455 e. The van der Waals surface area contributed by atoms with Crippen LogP contribution in [0.5, 0.6) is 0 Å². The molecule has 0 aliphatic heterocycles. The molecule has 0 unspecified atom stereocenters. The molecule has 0 saturated heterocycles. The Bertz CT molecular complexity index is 1050. The molecule has 4 aromatic rings. The summed E-state index contributed by atoms with van der Waals surface area (Å²) in [5, 5.41) is 16.1. The Hall–Kier alpha value is -3.81. The van der Waals surface area contributed by atoms with Crippen molar-refractivity contribution >= 4 is 22.6 Å². The van der Waals surface area contributed by atoms with E-state index >= 15 is 0 Å². The zero-order valence-electron chi connectivity index (χ0n) is 13.8. The highest BCUT2D eigenvalue weighted by Gasteiger charge is 2.09. The van der Waals surface area contributed by atoms with Gasteiger partial charge in [0.1, 0.15) is 17.6 Å². The van der Waals surface area contributed by atoms with Gasteiger partial charge >= 0.3 is 0 Å². The molecule has 0 aliphatic carbocycles. The molecule has 1 amide bonds. The number of aromatic nitrogens is 4. The monoisotopic (exact) mass is 346 g/mol. The van der Waals surface area contributed by atoms with Crippen LogP contribution < -0.4 is 5.43 Å². The second-order valence-electron chi connectivity index (χ2n) is 5.59. The molecule has 8 nitrogen and oxygen atoms in total. The molecule has 0 spiro atoms. The number of tetrazole rings is 1. The first-order valence-corrected chi connectivity index (χ1v) is 7.88. The van der Waals surface area contributed by atoms with Crippen molar-refractivity contribution in [1.82, 2.24) is 25.6 Å². The summed E-state index contributed by atoms with van der Waals surface area (Å²) in [4.78, 5) is 12.3. The van der Waals surface area contributed by atoms with Crippen LogP contribution in [-0.4, -0.2) is 31.8 Å². The van der Waals surface area contributed by atoms with Crippen molar-refractivity contribution in [1.29, 1.82) is 0 Å². The maximum Gasteiger partial charge on any atom is 0.271 e. The molecule has 26 heavy (non-hydrogen) atoms. The van der Waals surface area contributed by atoms with E-state index in [1.54, 1.807) is 31.2 Å². The molecule has 0 radical (unpaired) electrons. The summed E-state index contributed by atoms with van der Waals surface area (Å²) in [5.74, 6) is 0.296. The number of fused-ring (bicyclic) bond motifs is 1. The highest BCUT2D eigenvalue weighted by molar-refractivity contribution is 6.01. The molecule has 8 heteroatoms. The van der Waals surface area contributed by atoms with E-state index in [1.807, 2.05) is 30.3 Å². The highest BCUT2D eigenvalue weighted by Crippen LogP contribution is 2.19. The zero-order valence-corrected chi connectivity index (χ0v) is 13.8. The van der Waals surface area contributed by atoms with Crippen molar-refractivity contribution < 1.29 is 9.21 Å². The van der Waals surface area contributed by atoms with E-state index in [-0.39, 0.29) is 5.91 Å². The van der Waals surface area contributed by atoms with Gasteiger partial charge in [-0.15, -0.1) is 5.10 Å². The van der Waals surface area contributed by atoms with Gasteiger partial charge in [-0.1, -0.05) is 18.2 Å². The summed E-state index contributed by atoms with van der Waals surface area (Å²) in [7, 11) is 0. The first-order chi connectivity index (χ1) is 12.7. The van der Waals surface area contributed by atoms with Gasteiger partial charge in [-0.05, 0) is 53.7 Å². The minimum absolute atomic E-state index is 0.316. The van der Waals surface area contributed by atoms with Crippen LogP contribution in [0.25, 0.3) is 16.7 Å². The normalized spacial score (nSPS) is 11.7. The van der Waals surface area contributed by atoms with Crippen LogP contribution in [0.2, 0.25) is 0 Å². The Labute approximate surface area is 148 Å². The Morgan fingerprint density at radius 3 is 2.69 bits per heavy atom. The van der Waals surface area contributed by atoms with Gasteiger partial charge in [0.2, 0.25) is 0 Å². The highest BCUT2D eigenvalue weighted by atomic mass is 16.3. The molecule has 2 aromatic carbocycles. The topological polar surface area (TPSA) is 98.2 Å². The molecule has 1 N–H and O–H groups in total. The lowest BCUT2D eigenvalue weighted by atomic mass is 10.2. The Balaban J connectivity index is 1.48. The fraction of sp³-hybridized carbons (Fsp3) is 0.0556. The fourth-order valence-corrected chi connectivity index (χ4v) is 2.46. The Kier molecular flexibility index (Phi) is 3.98. The second kappa shape index (κ2) is 6.60. The molecule has 2 heterocycles. The van der Waals surface area contributed by atoms with Crippen LogP contribution in [0.1, 0.15) is 23.0 Å². The van der Waals surface area contributed by atoms with E-state index in [4.69, 9.17) is 4.42 Å². The predicted molar refractivity (Wildman–Crippen MR) is 95.0 cm³/mol. The van der Waals surface area contributed by atoms with E-state index in [2.05, 4.69) is 26.1 Å². The molecular weight excluding hydrogens is 332 g/mol. The molecule has 4 rings (SSSR count). The molecule has 128 valence electrons. The average Bonchev–Trinajstić information content (AvgIpc) is 3.35. The third kappa shape index (κ3) is 3.07. The van der Waals surface area contributed by atoms with Gasteiger partial charge in [-0.2, -0.15) is 5.10 Å². The van der Waals surface area contributed by atoms with E-state index < -0.39 is 0 Å². The zero-order chi connectivity index (χ0) is 17.9. The molecule has 0 fully saturated rings. The summed E-state index contributed by atoms with van der Waals surface area (Å²) in [6.07, 6.45) is 1.48. The van der Waals surface area contributed by atoms with Crippen molar-refractivity contribution in [3.63, 3.8) is 0 Å². The minimum Gasteiger partial charge on any atom is -0.455 e. The number of hydrazone groups is 1. The summed E-state index contributed by atoms with van der Waals surface area (Å²) < 4.78 is 7.23. The molecule has 0 bridgehead atoms. The Morgan fingerprint density at radius 1 is 1.15 bits per heavy atom. The first kappa shape index (κ1) is 15.7. The van der Waals surface area contributed by atoms with Crippen LogP contribution >= 0.6 is 0 Å². The number of carbonyl (C=O) groups is 1. The quantitative estimate of drug-likeness (QED) is 0.452. The van der Waals surface area contributed by atoms with Crippen LogP contribution in [0.3, 0.4) is 0 Å². The fourth-order valence-electron chi connectivity index (χ4n) is 2.46. The Morgan fingerprint density at radius 2 is 1.96 bits per heavy atom. The second-order valence-corrected chi connectivity index (χ2v) is 5.59. The van der Waals surface area contributed by atoms with Gasteiger partial charge in [0.05, 0.1) is 5.69 Å². The van der Waals surface area contributed by atoms with Gasteiger partial charge in [-0.3, -0.25) is 4.79 Å². The van der Waals surface area contributed by atoms with Gasteiger partial charge in [0, 0.05) is 10.9 Å². The van der Waals surface area contributed by atoms with E-state index in [1.165, 1.54) is 11.0 Å². The van der Waals surface area contributed by atoms with Crippen molar-refractivity contribution in [3.05, 3.63) is 72.2 Å². The molecule has 0 atom stereocenters. The van der Waals surface area contributed by atoms with E-state index in [0.717, 1.165) is 16.7 Å². The maximum atomic E-state index is 12.3. The third-order valence-corrected chi connectivity index (χ3v) is 3.85. The standard InChI is InChI=1S/C18H14N6O2/c1-12(17-10-14-4-2-3-5-16(14)26-17)20-21-18(25)13-6-8-15(9-7-13)24-11-19-22-23-24/h2-11H,1H3,(H,21,25)/b20-12+. The number of para-hydroxylation sites is 1. The lowest BCUT2D eigenvalue weighted by molar-refractivity contribution is 0.0955. The molecular formula is C18H14N6O2. The SMILES string of the molecule is C/C(=N\NC(=O)c1ccc(-n2cnnn2)cc1)c1cc2ccccc2o1. The van der Waals surface area contributed by atoms with Crippen LogP contribution in [0.15, 0.2) is 70.4 Å². The van der Waals surface area contributed by atoms with Crippen molar-refractivity contribution in [3.8, 4) is 5.69 Å². The van der Waals surface area contributed by atoms with E-state index in [0.29, 0.717) is 17.0 Å². The smallest absolute Gasteiger partial charge is 0.271 e. The number of hydrogen-bond donors (Lipinski definition) is 1. The molecule has 2 aromatic heterocycles. The maximum absolute atomic E-state index is 12.3. The predicted octanol–water partition coefficient (Wildman–Crippen LogP) is 2.56. The summed E-state index contributed by atoms with van der Waals surface area (Å²) in [5.41, 5.74) is 5.13.